The third kappa shape index (κ3) is 0.804. The molecule has 46 valence electrons. The first kappa shape index (κ1) is 5.54. The van der Waals surface area contributed by atoms with Crippen molar-refractivity contribution in [3.8, 4) is 0 Å². The number of hydrogen-bond acceptors (Lipinski definition) is 1. The molecule has 3 heteroatoms. The van der Waals surface area contributed by atoms with Crippen molar-refractivity contribution < 1.29 is 9.28 Å². The maximum atomic E-state index is 12.0. The average molecular weight is 117 g/mol. The molecule has 1 aliphatic rings. The molecule has 0 aromatic carbocycles. The molecule has 0 heterocycles. The predicted octanol–water partition coefficient (Wildman–Crippen LogP) is 0.882. The van der Waals surface area contributed by atoms with Gasteiger partial charge >= 0.3 is 0 Å². The minimum atomic E-state index is -0.104. The van der Waals surface area contributed by atoms with Crippen LogP contribution in [0.2, 0.25) is 0 Å². The summed E-state index contributed by atoms with van der Waals surface area (Å²) in [7, 11) is 0. The predicted molar refractivity (Wildman–Crippen MR) is 26.6 cm³/mol. The van der Waals surface area contributed by atoms with Crippen LogP contribution in [-0.2, 0) is 4.79 Å². The molecule has 0 aliphatic heterocycles. The molecule has 0 radical (unpaired) electrons. The molecule has 1 saturated carbocycles. The van der Waals surface area contributed by atoms with Gasteiger partial charge in [0.25, 0.3) is 0 Å². The Morgan fingerprint density at radius 2 is 2.25 bits per heavy atom. The fourth-order valence-electron chi connectivity index (χ4n) is 0.719. The summed E-state index contributed by atoms with van der Waals surface area (Å²) in [6, 6.07) is -0.104. The molecule has 0 aromatic heterocycles. The van der Waals surface area contributed by atoms with E-state index in [-0.39, 0.29) is 17.6 Å². The zero-order valence-corrected chi connectivity index (χ0v) is 4.51. The van der Waals surface area contributed by atoms with Crippen molar-refractivity contribution in [1.29, 1.82) is 0 Å². The van der Waals surface area contributed by atoms with Gasteiger partial charge in [-0.1, -0.05) is 4.48 Å². The monoisotopic (exact) mass is 117 g/mol. The number of carbonyl (C=O) groups is 1. The van der Waals surface area contributed by atoms with Crippen LogP contribution in [0.4, 0.5) is 4.48 Å². The topological polar surface area (TPSA) is 20.3 Å². The summed E-state index contributed by atoms with van der Waals surface area (Å²) in [6.07, 6.45) is 2.95. The molecule has 0 unspecified atom stereocenters. The lowest BCUT2D eigenvalue weighted by Gasteiger charge is -2.27. The third-order valence-corrected chi connectivity index (χ3v) is 1.52. The second-order valence-corrected chi connectivity index (χ2v) is 2.03. The molecule has 0 saturated heterocycles. The molecule has 0 atom stereocenters. The molecule has 1 fully saturated rings. The highest BCUT2D eigenvalue weighted by molar-refractivity contribution is 5.45. The smallest absolute Gasteiger partial charge is 0.237 e. The lowest BCUT2D eigenvalue weighted by Crippen LogP contribution is -2.32. The highest BCUT2D eigenvalue weighted by Crippen LogP contribution is 2.23. The lowest BCUT2D eigenvalue weighted by atomic mass is 9.93. The summed E-state index contributed by atoms with van der Waals surface area (Å²) in [4.78, 5) is 9.69. The Morgan fingerprint density at radius 1 is 1.62 bits per heavy atom. The van der Waals surface area contributed by atoms with Gasteiger partial charge in [-0.2, -0.15) is 5.12 Å². The van der Waals surface area contributed by atoms with Crippen LogP contribution >= 0.6 is 0 Å². The first-order valence-electron chi connectivity index (χ1n) is 2.74. The maximum Gasteiger partial charge on any atom is 0.237 e. The zero-order chi connectivity index (χ0) is 5.98. The van der Waals surface area contributed by atoms with E-state index < -0.39 is 0 Å². The standard InChI is InChI=1S/C5H8FNO/c6-7(4-8)5-2-1-3-5/h4-5H,1-3H2. The van der Waals surface area contributed by atoms with Crippen molar-refractivity contribution in [3.63, 3.8) is 0 Å². The van der Waals surface area contributed by atoms with Crippen molar-refractivity contribution in [2.45, 2.75) is 25.3 Å². The van der Waals surface area contributed by atoms with E-state index >= 15 is 0 Å². The fraction of sp³-hybridized carbons (Fsp3) is 0.800. The van der Waals surface area contributed by atoms with E-state index in [1.54, 1.807) is 0 Å². The average Bonchev–Trinajstić information content (AvgIpc) is 1.62. The molecule has 1 amide bonds. The van der Waals surface area contributed by atoms with Crippen molar-refractivity contribution in [3.05, 3.63) is 0 Å². The Hall–Kier alpha value is -0.600. The van der Waals surface area contributed by atoms with Crippen molar-refractivity contribution in [2.75, 3.05) is 0 Å². The zero-order valence-electron chi connectivity index (χ0n) is 4.51. The minimum absolute atomic E-state index is 0.104. The number of carbonyl (C=O) groups excluding carboxylic acids is 1. The van der Waals surface area contributed by atoms with E-state index in [4.69, 9.17) is 0 Å². The van der Waals surface area contributed by atoms with Crippen molar-refractivity contribution in [2.24, 2.45) is 0 Å². The molecule has 1 aliphatic carbocycles. The summed E-state index contributed by atoms with van der Waals surface area (Å²) < 4.78 is 12.0. The minimum Gasteiger partial charge on any atom is -0.276 e. The van der Waals surface area contributed by atoms with Crippen LogP contribution < -0.4 is 0 Å². The van der Waals surface area contributed by atoms with Crippen LogP contribution in [-0.4, -0.2) is 17.6 Å². The van der Waals surface area contributed by atoms with Gasteiger partial charge in [0, 0.05) is 0 Å². The van der Waals surface area contributed by atoms with E-state index in [2.05, 4.69) is 0 Å². The van der Waals surface area contributed by atoms with E-state index in [0.717, 1.165) is 19.3 Å². The Bertz CT molecular complexity index is 92.4. The Kier molecular flexibility index (Phi) is 1.46. The second-order valence-electron chi connectivity index (χ2n) is 2.03. The van der Waals surface area contributed by atoms with Gasteiger partial charge in [0.1, 0.15) is 0 Å². The first-order valence-corrected chi connectivity index (χ1v) is 2.74. The molecular formula is C5H8FNO. The van der Waals surface area contributed by atoms with Gasteiger partial charge in [0.2, 0.25) is 6.41 Å². The van der Waals surface area contributed by atoms with Gasteiger partial charge in [-0.05, 0) is 19.3 Å². The summed E-state index contributed by atoms with van der Waals surface area (Å²) in [5.74, 6) is 0. The largest absolute Gasteiger partial charge is 0.276 e. The molecule has 1 rings (SSSR count). The SMILES string of the molecule is O=CN(F)C1CCC1. The van der Waals surface area contributed by atoms with Gasteiger partial charge < -0.3 is 0 Å². The fourth-order valence-corrected chi connectivity index (χ4v) is 0.719. The van der Waals surface area contributed by atoms with Crippen LogP contribution in [0, 0.1) is 0 Å². The molecule has 0 spiro atoms. The van der Waals surface area contributed by atoms with Crippen LogP contribution in [0.1, 0.15) is 19.3 Å². The van der Waals surface area contributed by atoms with Gasteiger partial charge in [-0.25, -0.2) is 0 Å². The summed E-state index contributed by atoms with van der Waals surface area (Å²) >= 11 is 0. The normalized spacial score (nSPS) is 19.6. The van der Waals surface area contributed by atoms with Crippen LogP contribution in [0.25, 0.3) is 0 Å². The molecule has 8 heavy (non-hydrogen) atoms. The highest BCUT2D eigenvalue weighted by Gasteiger charge is 2.23. The van der Waals surface area contributed by atoms with E-state index in [9.17, 15) is 9.28 Å². The van der Waals surface area contributed by atoms with Gasteiger partial charge in [0.15, 0.2) is 0 Å². The Morgan fingerprint density at radius 3 is 2.38 bits per heavy atom. The summed E-state index contributed by atoms with van der Waals surface area (Å²) in [5, 5.41) is 0.253. The number of hydrogen-bond donors (Lipinski definition) is 0. The first-order chi connectivity index (χ1) is 3.84. The van der Waals surface area contributed by atoms with E-state index in [1.807, 2.05) is 0 Å². The third-order valence-electron chi connectivity index (χ3n) is 1.52. The Labute approximate surface area is 47.2 Å². The van der Waals surface area contributed by atoms with Crippen LogP contribution in [0.15, 0.2) is 0 Å². The van der Waals surface area contributed by atoms with Gasteiger partial charge in [0.05, 0.1) is 6.04 Å². The van der Waals surface area contributed by atoms with Crippen LogP contribution in [0.3, 0.4) is 0 Å². The number of halogens is 1. The van der Waals surface area contributed by atoms with Gasteiger partial charge in [-0.3, -0.25) is 4.79 Å². The van der Waals surface area contributed by atoms with Gasteiger partial charge in [-0.15, -0.1) is 0 Å². The van der Waals surface area contributed by atoms with E-state index in [1.165, 1.54) is 0 Å². The molecule has 2 nitrogen and oxygen atoms in total. The Balaban J connectivity index is 2.22. The van der Waals surface area contributed by atoms with Crippen molar-refractivity contribution >= 4 is 6.41 Å². The molecular weight excluding hydrogens is 109 g/mol. The van der Waals surface area contributed by atoms with Crippen molar-refractivity contribution in [1.82, 2.24) is 5.12 Å². The summed E-state index contributed by atoms with van der Waals surface area (Å²) in [5.41, 5.74) is 0. The van der Waals surface area contributed by atoms with E-state index in [0.29, 0.717) is 0 Å². The number of nitrogens with zero attached hydrogens (tertiary/aromatic N) is 1. The van der Waals surface area contributed by atoms with Crippen LogP contribution in [0.5, 0.6) is 0 Å². The summed E-state index contributed by atoms with van der Waals surface area (Å²) in [6.45, 7) is 0. The molecule has 0 aromatic rings. The number of rotatable bonds is 2. The highest BCUT2D eigenvalue weighted by atomic mass is 19.2. The molecule has 0 N–H and O–H groups in total. The molecule has 0 bridgehead atoms. The quantitative estimate of drug-likeness (QED) is 0.388. The maximum absolute atomic E-state index is 12.0. The second kappa shape index (κ2) is 2.11. The lowest BCUT2D eigenvalue weighted by molar-refractivity contribution is -0.141. The number of amides is 1.